The molecule has 12 heteroatoms. The normalized spacial score (nSPS) is 30.1. The van der Waals surface area contributed by atoms with E-state index in [-0.39, 0.29) is 41.5 Å². The number of rotatable bonds is 9. The van der Waals surface area contributed by atoms with Gasteiger partial charge in [0.25, 0.3) is 0 Å². The number of aliphatic hydroxyl groups is 1. The molecule has 0 aromatic carbocycles. The van der Waals surface area contributed by atoms with Gasteiger partial charge in [-0.2, -0.15) is 5.10 Å². The summed E-state index contributed by atoms with van der Waals surface area (Å²) < 4.78 is 26.3. The largest absolute Gasteiger partial charge is 0.390 e. The van der Waals surface area contributed by atoms with Crippen molar-refractivity contribution in [3.8, 4) is 0 Å². The van der Waals surface area contributed by atoms with Crippen LogP contribution in [0.4, 0.5) is 0 Å². The van der Waals surface area contributed by atoms with Gasteiger partial charge in [-0.15, -0.1) is 0 Å². The average Bonchev–Trinajstić information content (AvgIpc) is 3.42. The number of H-pyrrole nitrogens is 1. The van der Waals surface area contributed by atoms with Crippen molar-refractivity contribution in [2.45, 2.75) is 84.0 Å². The number of nitrogens with zero attached hydrogens (tertiary/aromatic N) is 4. The molecule has 0 bridgehead atoms. The van der Waals surface area contributed by atoms with Crippen LogP contribution in [-0.2, 0) is 19.6 Å². The standard InChI is InChI=1S/C28H48N6O5S/c1-7-8-11-34-26(36)23(25(35)18(2)3)31-27(37)28(34)9-12-32(13-10-28)24(21-14-29-30-15-21)22-19(4)16-33(17-20(22)5)40(6,38)39/h14-15,18-20,22-25,35H,7-13,16-17H2,1-6H3,(H,29,30)(H,31,37)/t19?,20?,22?,23-,24?,25-/m1/s1. The number of carbonyl (C=O) groups is 2. The van der Waals surface area contributed by atoms with Crippen LogP contribution in [0.25, 0.3) is 0 Å². The number of hydrogen-bond donors (Lipinski definition) is 3. The molecule has 1 aromatic heterocycles. The van der Waals surface area contributed by atoms with Gasteiger partial charge in [0.2, 0.25) is 21.8 Å². The molecule has 4 rings (SSSR count). The summed E-state index contributed by atoms with van der Waals surface area (Å²) in [5.41, 5.74) is 0.118. The summed E-state index contributed by atoms with van der Waals surface area (Å²) in [6, 6.07) is -0.918. The van der Waals surface area contributed by atoms with E-state index in [0.717, 1.165) is 18.4 Å². The lowest BCUT2D eigenvalue weighted by Gasteiger charge is -2.54. The Morgan fingerprint density at radius 1 is 1.15 bits per heavy atom. The summed E-state index contributed by atoms with van der Waals surface area (Å²) >= 11 is 0. The summed E-state index contributed by atoms with van der Waals surface area (Å²) in [6.07, 6.45) is 6.78. The SMILES string of the molecule is CCCCN1C(=O)[C@@H]([C@H](O)C(C)C)NC(=O)C12CCN(C(c1cn[nH]c1)C1C(C)CN(S(C)(=O)=O)CC1C)CC2. The maximum Gasteiger partial charge on any atom is 0.248 e. The summed E-state index contributed by atoms with van der Waals surface area (Å²) in [4.78, 5) is 31.6. The first-order valence-corrected chi connectivity index (χ1v) is 16.6. The molecule has 3 saturated heterocycles. The van der Waals surface area contributed by atoms with Gasteiger partial charge in [0.1, 0.15) is 11.6 Å². The predicted molar refractivity (Wildman–Crippen MR) is 152 cm³/mol. The molecule has 1 aromatic rings. The van der Waals surface area contributed by atoms with E-state index in [2.05, 4.69) is 41.2 Å². The van der Waals surface area contributed by atoms with Gasteiger partial charge in [0.05, 0.1) is 18.6 Å². The van der Waals surface area contributed by atoms with Crippen LogP contribution in [0, 0.1) is 23.7 Å². The maximum atomic E-state index is 13.8. The van der Waals surface area contributed by atoms with Crippen LogP contribution in [0.3, 0.4) is 0 Å². The molecule has 3 aliphatic heterocycles. The Bertz CT molecular complexity index is 1120. The monoisotopic (exact) mass is 580 g/mol. The van der Waals surface area contributed by atoms with Crippen molar-refractivity contribution in [3.63, 3.8) is 0 Å². The highest BCUT2D eigenvalue weighted by Gasteiger charge is 2.56. The van der Waals surface area contributed by atoms with Gasteiger partial charge < -0.3 is 15.3 Å². The Morgan fingerprint density at radius 3 is 2.27 bits per heavy atom. The minimum Gasteiger partial charge on any atom is -0.390 e. The number of piperidine rings is 2. The molecule has 3 aliphatic rings. The lowest BCUT2D eigenvalue weighted by Crippen LogP contribution is -2.75. The van der Waals surface area contributed by atoms with E-state index in [1.807, 2.05) is 26.2 Å². The third-order valence-corrected chi connectivity index (χ3v) is 10.8. The van der Waals surface area contributed by atoms with Gasteiger partial charge in [-0.05, 0) is 42.9 Å². The predicted octanol–water partition coefficient (Wildman–Crippen LogP) is 1.59. The number of hydrogen-bond acceptors (Lipinski definition) is 7. The fourth-order valence-corrected chi connectivity index (χ4v) is 8.29. The summed E-state index contributed by atoms with van der Waals surface area (Å²) in [5, 5.41) is 20.8. The van der Waals surface area contributed by atoms with Crippen LogP contribution in [0.5, 0.6) is 0 Å². The van der Waals surface area contributed by atoms with Crippen LogP contribution >= 0.6 is 0 Å². The van der Waals surface area contributed by atoms with E-state index in [1.165, 1.54) is 6.26 Å². The number of aliphatic hydroxyl groups excluding tert-OH is 1. The van der Waals surface area contributed by atoms with Gasteiger partial charge in [0.15, 0.2) is 0 Å². The zero-order valence-electron chi connectivity index (χ0n) is 24.8. The van der Waals surface area contributed by atoms with Crippen molar-refractivity contribution in [1.82, 2.24) is 29.6 Å². The van der Waals surface area contributed by atoms with Crippen LogP contribution in [0.15, 0.2) is 12.4 Å². The van der Waals surface area contributed by atoms with Gasteiger partial charge in [-0.25, -0.2) is 12.7 Å². The van der Waals surface area contributed by atoms with E-state index in [1.54, 1.807) is 9.21 Å². The molecule has 5 atom stereocenters. The van der Waals surface area contributed by atoms with E-state index in [9.17, 15) is 23.1 Å². The van der Waals surface area contributed by atoms with E-state index >= 15 is 0 Å². The first-order chi connectivity index (χ1) is 18.8. The van der Waals surface area contributed by atoms with Crippen molar-refractivity contribution in [2.24, 2.45) is 23.7 Å². The fourth-order valence-electron chi connectivity index (χ4n) is 7.28. The minimum absolute atomic E-state index is 0.00441. The zero-order valence-corrected chi connectivity index (χ0v) is 25.7. The number of piperazine rings is 1. The minimum atomic E-state index is -3.28. The number of unbranched alkanes of at least 4 members (excludes halogenated alkanes) is 1. The molecule has 3 unspecified atom stereocenters. The number of aromatic amines is 1. The number of sulfonamides is 1. The molecule has 1 spiro atoms. The second-order valence-electron chi connectivity index (χ2n) is 12.7. The van der Waals surface area contributed by atoms with Gasteiger partial charge >= 0.3 is 0 Å². The first-order valence-electron chi connectivity index (χ1n) is 14.8. The van der Waals surface area contributed by atoms with E-state index in [0.29, 0.717) is 45.6 Å². The van der Waals surface area contributed by atoms with E-state index in [4.69, 9.17) is 0 Å². The average molecular weight is 581 g/mol. The summed E-state index contributed by atoms with van der Waals surface area (Å²) in [5.74, 6) is -0.0957. The first kappa shape index (κ1) is 30.9. The number of likely N-dealkylation sites (tertiary alicyclic amines) is 1. The van der Waals surface area contributed by atoms with Crippen LogP contribution in [0.2, 0.25) is 0 Å². The smallest absolute Gasteiger partial charge is 0.248 e. The quantitative estimate of drug-likeness (QED) is 0.403. The Kier molecular flexibility index (Phi) is 9.33. The number of carbonyl (C=O) groups excluding carboxylic acids is 2. The highest BCUT2D eigenvalue weighted by atomic mass is 32.2. The molecule has 0 aliphatic carbocycles. The molecule has 0 saturated carbocycles. The maximum absolute atomic E-state index is 13.8. The molecule has 11 nitrogen and oxygen atoms in total. The van der Waals surface area contributed by atoms with Gasteiger partial charge in [-0.1, -0.05) is 41.0 Å². The number of aromatic nitrogens is 2. The van der Waals surface area contributed by atoms with Crippen LogP contribution in [0.1, 0.15) is 71.9 Å². The Morgan fingerprint density at radius 2 is 1.77 bits per heavy atom. The second kappa shape index (κ2) is 12.1. The highest BCUT2D eigenvalue weighted by molar-refractivity contribution is 7.88. The molecule has 4 heterocycles. The Labute approximate surface area is 239 Å². The van der Waals surface area contributed by atoms with E-state index < -0.39 is 27.7 Å². The summed E-state index contributed by atoms with van der Waals surface area (Å²) in [7, 11) is -3.28. The molecule has 3 N–H and O–H groups in total. The second-order valence-corrected chi connectivity index (χ2v) is 14.7. The molecule has 40 heavy (non-hydrogen) atoms. The van der Waals surface area contributed by atoms with Gasteiger partial charge in [-0.3, -0.25) is 19.6 Å². The summed E-state index contributed by atoms with van der Waals surface area (Å²) in [6.45, 7) is 12.7. The molecule has 3 fully saturated rings. The third kappa shape index (κ3) is 5.82. The molecule has 226 valence electrons. The number of nitrogens with one attached hydrogen (secondary N) is 2. The van der Waals surface area contributed by atoms with Crippen molar-refractivity contribution >= 4 is 21.8 Å². The molecular formula is C28H48N6O5S. The van der Waals surface area contributed by atoms with Crippen molar-refractivity contribution < 1.29 is 23.1 Å². The van der Waals surface area contributed by atoms with Crippen LogP contribution < -0.4 is 5.32 Å². The topological polar surface area (TPSA) is 139 Å². The Hall–Kier alpha value is -2.02. The zero-order chi connectivity index (χ0) is 29.4. The third-order valence-electron chi connectivity index (χ3n) is 9.53. The van der Waals surface area contributed by atoms with Crippen molar-refractivity contribution in [1.29, 1.82) is 0 Å². The highest BCUT2D eigenvalue weighted by Crippen LogP contribution is 2.45. The Balaban J connectivity index is 1.59. The van der Waals surface area contributed by atoms with Crippen molar-refractivity contribution in [2.75, 3.05) is 39.0 Å². The van der Waals surface area contributed by atoms with Crippen molar-refractivity contribution in [3.05, 3.63) is 18.0 Å². The fraction of sp³-hybridized carbons (Fsp3) is 0.821. The molecular weight excluding hydrogens is 532 g/mol. The lowest BCUT2D eigenvalue weighted by molar-refractivity contribution is -0.166. The van der Waals surface area contributed by atoms with Gasteiger partial charge in [0, 0.05) is 50.5 Å². The molecule has 2 amide bonds. The molecule has 0 radical (unpaired) electrons. The lowest BCUT2D eigenvalue weighted by atomic mass is 9.72. The number of amides is 2. The van der Waals surface area contributed by atoms with Crippen LogP contribution in [-0.4, -0.2) is 106 Å².